The minimum atomic E-state index is -0.616. The van der Waals surface area contributed by atoms with E-state index in [1.807, 2.05) is 0 Å². The normalized spacial score (nSPS) is 12.6. The third-order valence-electron chi connectivity index (χ3n) is 2.53. The number of hydrogen-bond donors (Lipinski definition) is 2. The van der Waals surface area contributed by atoms with Crippen molar-refractivity contribution in [1.29, 1.82) is 0 Å². The standard InChI is InChI=1S/C13H13ClFNOS/c14-13-6-5-12(18-13)11(17)8-16-7-9-3-1-2-4-10(9)15/h1-6,11,16-17H,7-8H2. The first-order chi connectivity index (χ1) is 8.66. The minimum absolute atomic E-state index is 0.237. The lowest BCUT2D eigenvalue weighted by molar-refractivity contribution is 0.178. The van der Waals surface area contributed by atoms with Crippen LogP contribution in [0.25, 0.3) is 0 Å². The Morgan fingerprint density at radius 1 is 1.28 bits per heavy atom. The topological polar surface area (TPSA) is 32.3 Å². The molecule has 0 bridgehead atoms. The van der Waals surface area contributed by atoms with Crippen molar-refractivity contribution in [2.75, 3.05) is 6.54 Å². The van der Waals surface area contributed by atoms with E-state index in [1.54, 1.807) is 30.3 Å². The zero-order chi connectivity index (χ0) is 13.0. The molecule has 0 aliphatic carbocycles. The molecule has 0 saturated carbocycles. The van der Waals surface area contributed by atoms with Gasteiger partial charge in [-0.15, -0.1) is 11.3 Å². The van der Waals surface area contributed by atoms with E-state index in [0.29, 0.717) is 23.0 Å². The molecule has 0 radical (unpaired) electrons. The summed E-state index contributed by atoms with van der Waals surface area (Å²) in [5.74, 6) is -0.237. The Bertz CT molecular complexity index is 517. The molecule has 0 amide bonds. The van der Waals surface area contributed by atoms with Gasteiger partial charge in [0, 0.05) is 23.5 Å². The van der Waals surface area contributed by atoms with Crippen LogP contribution >= 0.6 is 22.9 Å². The summed E-state index contributed by atoms with van der Waals surface area (Å²) in [6, 6.07) is 10.1. The molecule has 0 saturated heterocycles. The van der Waals surface area contributed by atoms with Crippen LogP contribution in [0.3, 0.4) is 0 Å². The Hall–Kier alpha value is -0.940. The summed E-state index contributed by atoms with van der Waals surface area (Å²) in [7, 11) is 0. The van der Waals surface area contributed by atoms with Gasteiger partial charge in [-0.2, -0.15) is 0 Å². The monoisotopic (exact) mass is 285 g/mol. The zero-order valence-electron chi connectivity index (χ0n) is 9.57. The predicted octanol–water partition coefficient (Wildman–Crippen LogP) is 3.36. The van der Waals surface area contributed by atoms with Crippen LogP contribution in [0.5, 0.6) is 0 Å². The number of halogens is 2. The first kappa shape index (κ1) is 13.5. The average Bonchev–Trinajstić information content (AvgIpc) is 2.78. The van der Waals surface area contributed by atoms with Crippen molar-refractivity contribution < 1.29 is 9.50 Å². The third kappa shape index (κ3) is 3.53. The van der Waals surface area contributed by atoms with Crippen molar-refractivity contribution in [2.24, 2.45) is 0 Å². The van der Waals surface area contributed by atoms with E-state index in [1.165, 1.54) is 17.4 Å². The highest BCUT2D eigenvalue weighted by molar-refractivity contribution is 7.16. The number of benzene rings is 1. The molecule has 1 aromatic heterocycles. The molecule has 0 aliphatic heterocycles. The van der Waals surface area contributed by atoms with Crippen LogP contribution in [0, 0.1) is 5.82 Å². The summed E-state index contributed by atoms with van der Waals surface area (Å²) >= 11 is 7.14. The lowest BCUT2D eigenvalue weighted by Gasteiger charge is -2.10. The van der Waals surface area contributed by atoms with E-state index in [0.717, 1.165) is 4.88 Å². The molecule has 0 spiro atoms. The maximum absolute atomic E-state index is 13.3. The summed E-state index contributed by atoms with van der Waals surface area (Å²) in [6.45, 7) is 0.758. The number of nitrogens with one attached hydrogen (secondary N) is 1. The van der Waals surface area contributed by atoms with Gasteiger partial charge in [0.2, 0.25) is 0 Å². The van der Waals surface area contributed by atoms with Crippen LogP contribution in [0.15, 0.2) is 36.4 Å². The molecule has 0 fully saturated rings. The molecule has 2 N–H and O–H groups in total. The first-order valence-electron chi connectivity index (χ1n) is 5.54. The van der Waals surface area contributed by atoms with Crippen LogP contribution in [0.4, 0.5) is 4.39 Å². The molecule has 0 aliphatic rings. The molecule has 2 nitrogen and oxygen atoms in total. The maximum atomic E-state index is 13.3. The third-order valence-corrected chi connectivity index (χ3v) is 3.87. The summed E-state index contributed by atoms with van der Waals surface area (Å²) in [5.41, 5.74) is 0.592. The van der Waals surface area contributed by atoms with E-state index in [2.05, 4.69) is 5.32 Å². The van der Waals surface area contributed by atoms with Crippen LogP contribution in [-0.2, 0) is 6.54 Å². The molecule has 1 heterocycles. The maximum Gasteiger partial charge on any atom is 0.127 e. The van der Waals surface area contributed by atoms with Gasteiger partial charge < -0.3 is 10.4 Å². The molecule has 1 aromatic carbocycles. The first-order valence-corrected chi connectivity index (χ1v) is 6.73. The van der Waals surface area contributed by atoms with Gasteiger partial charge in [-0.3, -0.25) is 0 Å². The fraction of sp³-hybridized carbons (Fsp3) is 0.231. The second kappa shape index (κ2) is 6.29. The highest BCUT2D eigenvalue weighted by Gasteiger charge is 2.10. The Morgan fingerprint density at radius 3 is 2.72 bits per heavy atom. The van der Waals surface area contributed by atoms with Gasteiger partial charge in [0.15, 0.2) is 0 Å². The molecule has 18 heavy (non-hydrogen) atoms. The molecule has 1 atom stereocenters. The second-order valence-corrected chi connectivity index (χ2v) is 5.63. The summed E-state index contributed by atoms with van der Waals surface area (Å²) < 4.78 is 14.0. The summed E-state index contributed by atoms with van der Waals surface area (Å²) in [4.78, 5) is 0.807. The lowest BCUT2D eigenvalue weighted by Crippen LogP contribution is -2.21. The molecule has 1 unspecified atom stereocenters. The fourth-order valence-electron chi connectivity index (χ4n) is 1.59. The molecular formula is C13H13ClFNOS. The van der Waals surface area contributed by atoms with Gasteiger partial charge in [0.25, 0.3) is 0 Å². The van der Waals surface area contributed by atoms with Crippen molar-refractivity contribution in [3.05, 3.63) is 57.0 Å². The van der Waals surface area contributed by atoms with Crippen molar-refractivity contribution in [2.45, 2.75) is 12.6 Å². The number of hydrogen-bond acceptors (Lipinski definition) is 3. The van der Waals surface area contributed by atoms with Gasteiger partial charge in [0.05, 0.1) is 4.34 Å². The quantitative estimate of drug-likeness (QED) is 0.883. The van der Waals surface area contributed by atoms with Crippen molar-refractivity contribution >= 4 is 22.9 Å². The van der Waals surface area contributed by atoms with Gasteiger partial charge in [0.1, 0.15) is 11.9 Å². The van der Waals surface area contributed by atoms with Gasteiger partial charge >= 0.3 is 0 Å². The van der Waals surface area contributed by atoms with E-state index in [4.69, 9.17) is 11.6 Å². The van der Waals surface area contributed by atoms with Crippen molar-refractivity contribution in [3.8, 4) is 0 Å². The molecule has 2 rings (SSSR count). The van der Waals surface area contributed by atoms with Crippen LogP contribution in [0.1, 0.15) is 16.5 Å². The van der Waals surface area contributed by atoms with E-state index >= 15 is 0 Å². The predicted molar refractivity (Wildman–Crippen MR) is 72.4 cm³/mol. The Balaban J connectivity index is 1.84. The largest absolute Gasteiger partial charge is 0.386 e. The minimum Gasteiger partial charge on any atom is -0.386 e. The van der Waals surface area contributed by atoms with Crippen molar-refractivity contribution in [1.82, 2.24) is 5.32 Å². The highest BCUT2D eigenvalue weighted by Crippen LogP contribution is 2.26. The van der Waals surface area contributed by atoms with E-state index < -0.39 is 6.10 Å². The summed E-state index contributed by atoms with van der Waals surface area (Å²) in [5, 5.41) is 12.9. The van der Waals surface area contributed by atoms with E-state index in [9.17, 15) is 9.50 Å². The van der Waals surface area contributed by atoms with Gasteiger partial charge in [-0.25, -0.2) is 4.39 Å². The Kier molecular flexibility index (Phi) is 4.72. The SMILES string of the molecule is OC(CNCc1ccccc1F)c1ccc(Cl)s1. The highest BCUT2D eigenvalue weighted by atomic mass is 35.5. The Labute approximate surface area is 114 Å². The Morgan fingerprint density at radius 2 is 2.06 bits per heavy atom. The van der Waals surface area contributed by atoms with Crippen LogP contribution in [-0.4, -0.2) is 11.7 Å². The fourth-order valence-corrected chi connectivity index (χ4v) is 2.64. The summed E-state index contributed by atoms with van der Waals surface area (Å²) in [6.07, 6.45) is -0.616. The van der Waals surface area contributed by atoms with Crippen LogP contribution in [0.2, 0.25) is 4.34 Å². The zero-order valence-corrected chi connectivity index (χ0v) is 11.1. The number of aliphatic hydroxyl groups is 1. The molecule has 96 valence electrons. The van der Waals surface area contributed by atoms with E-state index in [-0.39, 0.29) is 5.82 Å². The van der Waals surface area contributed by atoms with Gasteiger partial charge in [-0.1, -0.05) is 29.8 Å². The molecule has 5 heteroatoms. The second-order valence-electron chi connectivity index (χ2n) is 3.88. The van der Waals surface area contributed by atoms with Crippen LogP contribution < -0.4 is 5.32 Å². The van der Waals surface area contributed by atoms with Crippen molar-refractivity contribution in [3.63, 3.8) is 0 Å². The lowest BCUT2D eigenvalue weighted by atomic mass is 10.2. The number of thiophene rings is 1. The number of rotatable bonds is 5. The van der Waals surface area contributed by atoms with Gasteiger partial charge in [-0.05, 0) is 18.2 Å². The molecular weight excluding hydrogens is 273 g/mol. The molecule has 2 aromatic rings. The number of aliphatic hydroxyl groups excluding tert-OH is 1. The smallest absolute Gasteiger partial charge is 0.127 e. The average molecular weight is 286 g/mol.